The van der Waals surface area contributed by atoms with E-state index in [1.165, 1.54) is 12.1 Å². The Bertz CT molecular complexity index is 743. The van der Waals surface area contributed by atoms with E-state index in [1.54, 1.807) is 17.0 Å². The number of carbonyl (C=O) groups is 1. The zero-order chi connectivity index (χ0) is 18.8. The first-order valence-corrected chi connectivity index (χ1v) is 11.3. The molecule has 3 rings (SSSR count). The van der Waals surface area contributed by atoms with Crippen LogP contribution in [0.5, 0.6) is 0 Å². The Morgan fingerprint density at radius 3 is 2.31 bits per heavy atom. The van der Waals surface area contributed by atoms with Gasteiger partial charge in [-0.25, -0.2) is 8.42 Å². The van der Waals surface area contributed by atoms with Gasteiger partial charge < -0.3 is 9.80 Å². The van der Waals surface area contributed by atoms with Crippen LogP contribution < -0.4 is 0 Å². The van der Waals surface area contributed by atoms with E-state index in [-0.39, 0.29) is 10.8 Å². The van der Waals surface area contributed by atoms with Gasteiger partial charge in [0.2, 0.25) is 5.91 Å². The molecule has 1 saturated heterocycles. The Morgan fingerprint density at radius 2 is 1.69 bits per heavy atom. The van der Waals surface area contributed by atoms with E-state index in [0.29, 0.717) is 31.0 Å². The molecule has 0 N–H and O–H groups in total. The molecule has 26 heavy (non-hydrogen) atoms. The number of carbonyl (C=O) groups excluding carboxylic acids is 1. The fraction of sp³-hybridized carbons (Fsp3) is 0.632. The highest BCUT2D eigenvalue weighted by atomic mass is 35.5. The van der Waals surface area contributed by atoms with Crippen molar-refractivity contribution in [2.75, 3.05) is 32.7 Å². The van der Waals surface area contributed by atoms with E-state index in [0.717, 1.165) is 38.9 Å². The number of sulfone groups is 1. The molecule has 5 nitrogen and oxygen atoms in total. The first-order valence-electron chi connectivity index (χ1n) is 9.43. The second kappa shape index (κ2) is 7.87. The number of hydrogen-bond donors (Lipinski definition) is 0. The van der Waals surface area contributed by atoms with E-state index in [9.17, 15) is 13.2 Å². The number of likely N-dealkylation sites (N-methyl/N-ethyl adjacent to an activating group) is 1. The minimum Gasteiger partial charge on any atom is -0.340 e. The van der Waals surface area contributed by atoms with Crippen molar-refractivity contribution in [3.8, 4) is 0 Å². The first-order chi connectivity index (χ1) is 12.4. The molecule has 144 valence electrons. The standard InChI is InChI=1S/C19H27ClN2O3S/c1-2-21-12-5-13-22(15-14-21)18(23)19(10-3-4-11-19)26(24,25)17-8-6-16(20)7-9-17/h6-9H,2-5,10-15H2,1H3. The molecule has 1 aliphatic carbocycles. The molecule has 1 saturated carbocycles. The Balaban J connectivity index is 1.92. The van der Waals surface area contributed by atoms with Crippen molar-refractivity contribution < 1.29 is 13.2 Å². The quantitative estimate of drug-likeness (QED) is 0.782. The van der Waals surface area contributed by atoms with Crippen molar-refractivity contribution >= 4 is 27.3 Å². The van der Waals surface area contributed by atoms with Gasteiger partial charge in [0, 0.05) is 24.7 Å². The SMILES string of the molecule is CCN1CCCN(C(=O)C2(S(=O)(=O)c3ccc(Cl)cc3)CCCC2)CC1. The monoisotopic (exact) mass is 398 g/mol. The molecule has 1 aliphatic heterocycles. The first kappa shape index (κ1) is 19.6. The van der Waals surface area contributed by atoms with Crippen LogP contribution in [0.4, 0.5) is 0 Å². The Labute approximate surface area is 161 Å². The summed E-state index contributed by atoms with van der Waals surface area (Å²) in [4.78, 5) is 17.7. The van der Waals surface area contributed by atoms with Gasteiger partial charge >= 0.3 is 0 Å². The summed E-state index contributed by atoms with van der Waals surface area (Å²) in [6.07, 6.45) is 3.24. The molecule has 1 amide bonds. The lowest BCUT2D eigenvalue weighted by molar-refractivity contribution is -0.133. The average Bonchev–Trinajstić information content (AvgIpc) is 3.02. The summed E-state index contributed by atoms with van der Waals surface area (Å²) < 4.78 is 25.6. The topological polar surface area (TPSA) is 57.7 Å². The molecular weight excluding hydrogens is 372 g/mol. The maximum Gasteiger partial charge on any atom is 0.244 e. The smallest absolute Gasteiger partial charge is 0.244 e. The lowest BCUT2D eigenvalue weighted by Crippen LogP contribution is -2.53. The van der Waals surface area contributed by atoms with Crippen molar-refractivity contribution in [3.63, 3.8) is 0 Å². The average molecular weight is 399 g/mol. The number of rotatable bonds is 4. The highest BCUT2D eigenvalue weighted by Crippen LogP contribution is 2.42. The fourth-order valence-electron chi connectivity index (χ4n) is 4.16. The molecule has 1 aromatic carbocycles. The molecule has 0 aromatic heterocycles. The third-order valence-corrected chi connectivity index (χ3v) is 8.52. The molecule has 1 aromatic rings. The zero-order valence-electron chi connectivity index (χ0n) is 15.3. The van der Waals surface area contributed by atoms with Crippen LogP contribution >= 0.6 is 11.6 Å². The number of benzene rings is 1. The number of hydrogen-bond acceptors (Lipinski definition) is 4. The van der Waals surface area contributed by atoms with E-state index in [1.807, 2.05) is 0 Å². The van der Waals surface area contributed by atoms with Gasteiger partial charge in [0.25, 0.3) is 0 Å². The Hall–Kier alpha value is -1.11. The predicted molar refractivity (Wildman–Crippen MR) is 103 cm³/mol. The fourth-order valence-corrected chi connectivity index (χ4v) is 6.42. The van der Waals surface area contributed by atoms with E-state index in [2.05, 4.69) is 11.8 Å². The lowest BCUT2D eigenvalue weighted by Gasteiger charge is -2.33. The second-order valence-corrected chi connectivity index (χ2v) is 9.93. The van der Waals surface area contributed by atoms with Crippen LogP contribution in [0.15, 0.2) is 29.2 Å². The molecule has 2 aliphatic rings. The van der Waals surface area contributed by atoms with Crippen LogP contribution in [0, 0.1) is 0 Å². The highest BCUT2D eigenvalue weighted by Gasteiger charge is 2.54. The molecule has 0 unspecified atom stereocenters. The number of nitrogens with zero attached hydrogens (tertiary/aromatic N) is 2. The minimum absolute atomic E-state index is 0.196. The van der Waals surface area contributed by atoms with Gasteiger partial charge in [-0.3, -0.25) is 4.79 Å². The van der Waals surface area contributed by atoms with Gasteiger partial charge in [-0.15, -0.1) is 0 Å². The molecule has 0 bridgehead atoms. The summed E-state index contributed by atoms with van der Waals surface area (Å²) in [5.41, 5.74) is 0. The zero-order valence-corrected chi connectivity index (χ0v) is 16.9. The van der Waals surface area contributed by atoms with Gasteiger partial charge in [-0.2, -0.15) is 0 Å². The normalized spacial score (nSPS) is 21.5. The Morgan fingerprint density at radius 1 is 1.04 bits per heavy atom. The van der Waals surface area contributed by atoms with E-state index < -0.39 is 14.6 Å². The maximum absolute atomic E-state index is 13.5. The van der Waals surface area contributed by atoms with Crippen molar-refractivity contribution in [2.24, 2.45) is 0 Å². The lowest BCUT2D eigenvalue weighted by atomic mass is 10.1. The molecule has 1 heterocycles. The number of amides is 1. The molecule has 7 heteroatoms. The summed E-state index contributed by atoms with van der Waals surface area (Å²) in [5, 5.41) is 0.489. The summed E-state index contributed by atoms with van der Waals surface area (Å²) in [7, 11) is -3.76. The summed E-state index contributed by atoms with van der Waals surface area (Å²) in [5.74, 6) is -0.206. The van der Waals surface area contributed by atoms with Crippen LogP contribution in [0.1, 0.15) is 39.0 Å². The van der Waals surface area contributed by atoms with Crippen LogP contribution in [-0.4, -0.2) is 61.6 Å². The molecular formula is C19H27ClN2O3S. The second-order valence-electron chi connectivity index (χ2n) is 7.24. The molecule has 0 atom stereocenters. The highest BCUT2D eigenvalue weighted by molar-refractivity contribution is 7.93. The number of halogens is 1. The van der Waals surface area contributed by atoms with Crippen molar-refractivity contribution in [2.45, 2.75) is 48.7 Å². The van der Waals surface area contributed by atoms with Gasteiger partial charge in [-0.05, 0) is 56.6 Å². The third kappa shape index (κ3) is 3.51. The maximum atomic E-state index is 13.5. The predicted octanol–water partition coefficient (Wildman–Crippen LogP) is 2.98. The van der Waals surface area contributed by atoms with Crippen molar-refractivity contribution in [3.05, 3.63) is 29.3 Å². The van der Waals surface area contributed by atoms with E-state index in [4.69, 9.17) is 11.6 Å². The largest absolute Gasteiger partial charge is 0.340 e. The van der Waals surface area contributed by atoms with Gasteiger partial charge in [-0.1, -0.05) is 31.4 Å². The van der Waals surface area contributed by atoms with Crippen LogP contribution in [0.2, 0.25) is 5.02 Å². The van der Waals surface area contributed by atoms with Gasteiger partial charge in [0.15, 0.2) is 14.6 Å². The molecule has 2 fully saturated rings. The third-order valence-electron chi connectivity index (χ3n) is 5.76. The summed E-state index contributed by atoms with van der Waals surface area (Å²) >= 11 is 5.91. The minimum atomic E-state index is -3.76. The molecule has 0 radical (unpaired) electrons. The van der Waals surface area contributed by atoms with Crippen molar-refractivity contribution in [1.82, 2.24) is 9.80 Å². The van der Waals surface area contributed by atoms with Gasteiger partial charge in [0.05, 0.1) is 4.90 Å². The van der Waals surface area contributed by atoms with Crippen molar-refractivity contribution in [1.29, 1.82) is 0 Å². The van der Waals surface area contributed by atoms with Gasteiger partial charge in [0.1, 0.15) is 0 Å². The van der Waals surface area contributed by atoms with Crippen LogP contribution in [-0.2, 0) is 14.6 Å². The summed E-state index contributed by atoms with van der Waals surface area (Å²) in [6, 6.07) is 6.19. The van der Waals surface area contributed by atoms with Crippen LogP contribution in [0.25, 0.3) is 0 Å². The van der Waals surface area contributed by atoms with Crippen LogP contribution in [0.3, 0.4) is 0 Å². The molecule has 0 spiro atoms. The van der Waals surface area contributed by atoms with E-state index >= 15 is 0 Å². The Kier molecular flexibility index (Phi) is 5.94. The summed E-state index contributed by atoms with van der Waals surface area (Å²) in [6.45, 7) is 6.06.